The lowest BCUT2D eigenvalue weighted by atomic mass is 9.97. The van der Waals surface area contributed by atoms with E-state index >= 15 is 0 Å². The maximum absolute atomic E-state index is 12.1. The molecule has 28 heavy (non-hydrogen) atoms. The van der Waals surface area contributed by atoms with E-state index in [1.165, 1.54) is 7.11 Å². The Balaban J connectivity index is 0.00000392. The van der Waals surface area contributed by atoms with Crippen LogP contribution < -0.4 is 15.4 Å². The summed E-state index contributed by atoms with van der Waals surface area (Å²) in [6.45, 7) is 1.99. The Morgan fingerprint density at radius 2 is 1.79 bits per heavy atom. The second-order valence-electron chi connectivity index (χ2n) is 6.31. The quantitative estimate of drug-likeness (QED) is 0.264. The van der Waals surface area contributed by atoms with Gasteiger partial charge in [-0.25, -0.2) is 0 Å². The fraction of sp³-hybridized carbons (Fsp3) is 0.526. The molecule has 1 heterocycles. The Morgan fingerprint density at radius 1 is 1.14 bits per heavy atom. The molecule has 0 atom stereocenters. The average molecular weight is 504 g/mol. The van der Waals surface area contributed by atoms with Crippen molar-refractivity contribution in [1.29, 1.82) is 0 Å². The summed E-state index contributed by atoms with van der Waals surface area (Å²) in [6, 6.07) is 7.55. The van der Waals surface area contributed by atoms with Crippen LogP contribution in [0, 0.1) is 5.92 Å². The largest absolute Gasteiger partial charge is 0.497 e. The second kappa shape index (κ2) is 12.4. The van der Waals surface area contributed by atoms with E-state index in [-0.39, 0.29) is 48.3 Å². The van der Waals surface area contributed by atoms with E-state index in [1.807, 2.05) is 24.3 Å². The first-order valence-electron chi connectivity index (χ1n) is 9.00. The first-order chi connectivity index (χ1) is 13.1. The van der Waals surface area contributed by atoms with Gasteiger partial charge in [0.05, 0.1) is 26.7 Å². The van der Waals surface area contributed by atoms with E-state index < -0.39 is 0 Å². The van der Waals surface area contributed by atoms with Crippen LogP contribution in [0.25, 0.3) is 0 Å². The molecule has 2 N–H and O–H groups in total. The number of benzene rings is 1. The van der Waals surface area contributed by atoms with E-state index in [1.54, 1.807) is 14.2 Å². The predicted molar refractivity (Wildman–Crippen MR) is 118 cm³/mol. The second-order valence-corrected chi connectivity index (χ2v) is 6.31. The van der Waals surface area contributed by atoms with Gasteiger partial charge in [0, 0.05) is 26.7 Å². The molecule has 1 fully saturated rings. The summed E-state index contributed by atoms with van der Waals surface area (Å²) < 4.78 is 9.92. The molecule has 9 heteroatoms. The molecule has 0 unspecified atom stereocenters. The van der Waals surface area contributed by atoms with Gasteiger partial charge in [0.25, 0.3) is 0 Å². The van der Waals surface area contributed by atoms with Crippen LogP contribution in [0.5, 0.6) is 5.75 Å². The number of piperidine rings is 1. The minimum absolute atomic E-state index is 0. The van der Waals surface area contributed by atoms with Crippen LogP contribution in [0.15, 0.2) is 29.3 Å². The molecular formula is C19H29IN4O4. The molecule has 0 bridgehead atoms. The zero-order valence-corrected chi connectivity index (χ0v) is 18.9. The molecule has 0 saturated carbocycles. The highest BCUT2D eigenvalue weighted by atomic mass is 127. The minimum atomic E-state index is -0.157. The van der Waals surface area contributed by atoms with Crippen molar-refractivity contribution >= 4 is 41.8 Å². The third-order valence-corrected chi connectivity index (χ3v) is 4.60. The van der Waals surface area contributed by atoms with E-state index in [0.717, 1.165) is 24.2 Å². The van der Waals surface area contributed by atoms with Gasteiger partial charge in [-0.05, 0) is 30.5 Å². The van der Waals surface area contributed by atoms with Gasteiger partial charge in [-0.15, -0.1) is 24.0 Å². The van der Waals surface area contributed by atoms with Crippen molar-refractivity contribution in [2.24, 2.45) is 10.9 Å². The zero-order chi connectivity index (χ0) is 19.6. The van der Waals surface area contributed by atoms with Crippen LogP contribution in [-0.4, -0.2) is 63.6 Å². The monoisotopic (exact) mass is 504 g/mol. The Labute approximate surface area is 183 Å². The van der Waals surface area contributed by atoms with Crippen LogP contribution in [0.1, 0.15) is 18.4 Å². The van der Waals surface area contributed by atoms with Crippen LogP contribution in [0.3, 0.4) is 0 Å². The van der Waals surface area contributed by atoms with Crippen molar-refractivity contribution in [3.05, 3.63) is 29.8 Å². The molecule has 1 aliphatic heterocycles. The first-order valence-corrected chi connectivity index (χ1v) is 9.00. The van der Waals surface area contributed by atoms with Crippen molar-refractivity contribution in [3.63, 3.8) is 0 Å². The predicted octanol–water partition coefficient (Wildman–Crippen LogP) is 1.39. The van der Waals surface area contributed by atoms with Gasteiger partial charge in [-0.2, -0.15) is 0 Å². The summed E-state index contributed by atoms with van der Waals surface area (Å²) in [6.07, 6.45) is 1.44. The number of likely N-dealkylation sites (tertiary alicyclic amines) is 1. The van der Waals surface area contributed by atoms with Crippen molar-refractivity contribution in [1.82, 2.24) is 15.5 Å². The fourth-order valence-corrected chi connectivity index (χ4v) is 2.99. The van der Waals surface area contributed by atoms with Crippen molar-refractivity contribution < 1.29 is 19.1 Å². The van der Waals surface area contributed by atoms with E-state index in [4.69, 9.17) is 9.47 Å². The molecule has 1 aromatic rings. The Bertz CT molecular complexity index is 658. The number of hydrogen-bond acceptors (Lipinski definition) is 5. The van der Waals surface area contributed by atoms with Gasteiger partial charge >= 0.3 is 5.97 Å². The summed E-state index contributed by atoms with van der Waals surface area (Å²) in [4.78, 5) is 30.0. The molecule has 156 valence electrons. The summed E-state index contributed by atoms with van der Waals surface area (Å²) in [5.41, 5.74) is 0.999. The molecular weight excluding hydrogens is 475 g/mol. The zero-order valence-electron chi connectivity index (χ0n) is 16.6. The molecule has 1 saturated heterocycles. The molecule has 1 amide bonds. The van der Waals surface area contributed by atoms with Crippen LogP contribution in [-0.2, 0) is 20.9 Å². The number of ether oxygens (including phenoxy) is 2. The van der Waals surface area contributed by atoms with Gasteiger partial charge in [-0.3, -0.25) is 14.6 Å². The van der Waals surface area contributed by atoms with E-state index in [9.17, 15) is 9.59 Å². The third-order valence-electron chi connectivity index (χ3n) is 4.60. The number of rotatable bonds is 6. The maximum Gasteiger partial charge on any atom is 0.308 e. The number of carbonyl (C=O) groups excluding carboxylic acids is 2. The van der Waals surface area contributed by atoms with Crippen molar-refractivity contribution in [2.75, 3.05) is 40.9 Å². The number of guanidine groups is 1. The number of halogens is 1. The molecule has 1 aromatic carbocycles. The van der Waals surface area contributed by atoms with Gasteiger partial charge < -0.3 is 25.0 Å². The summed E-state index contributed by atoms with van der Waals surface area (Å²) in [5, 5.41) is 5.95. The van der Waals surface area contributed by atoms with E-state index in [2.05, 4.69) is 20.5 Å². The molecule has 0 spiro atoms. The molecule has 0 radical (unpaired) electrons. The summed E-state index contributed by atoms with van der Waals surface area (Å²) >= 11 is 0. The summed E-state index contributed by atoms with van der Waals surface area (Å²) in [5.74, 6) is 1.12. The highest BCUT2D eigenvalue weighted by Crippen LogP contribution is 2.18. The molecule has 8 nitrogen and oxygen atoms in total. The van der Waals surface area contributed by atoms with Gasteiger partial charge in [0.15, 0.2) is 5.96 Å². The smallest absolute Gasteiger partial charge is 0.308 e. The maximum atomic E-state index is 12.1. The topological polar surface area (TPSA) is 92.3 Å². The lowest BCUT2D eigenvalue weighted by molar-refractivity contribution is -0.146. The number of esters is 1. The molecule has 2 rings (SSSR count). The van der Waals surface area contributed by atoms with Gasteiger partial charge in [-0.1, -0.05) is 12.1 Å². The highest BCUT2D eigenvalue weighted by Gasteiger charge is 2.27. The van der Waals surface area contributed by atoms with Crippen LogP contribution >= 0.6 is 24.0 Å². The Kier molecular flexibility index (Phi) is 10.6. The Morgan fingerprint density at radius 3 is 2.32 bits per heavy atom. The average Bonchev–Trinajstić information content (AvgIpc) is 2.72. The Hall–Kier alpha value is -2.04. The lowest BCUT2D eigenvalue weighted by Crippen LogP contribution is -2.49. The first kappa shape index (κ1) is 24.0. The normalized spacial score (nSPS) is 14.7. The standard InChI is InChI=1S/C19H28N4O4.HI/c1-20-19(23-10-8-15(9-11-23)18(25)27-3)22-13-17(24)21-12-14-4-6-16(26-2)7-5-14;/h4-7,15H,8-13H2,1-3H3,(H,20,22)(H,21,24);1H. The third kappa shape index (κ3) is 7.17. The molecule has 1 aliphatic rings. The van der Waals surface area contributed by atoms with Crippen LogP contribution in [0.4, 0.5) is 0 Å². The number of aliphatic imine (C=N–C) groups is 1. The molecule has 0 aromatic heterocycles. The van der Waals surface area contributed by atoms with E-state index in [0.29, 0.717) is 25.6 Å². The minimum Gasteiger partial charge on any atom is -0.497 e. The number of methoxy groups -OCH3 is 2. The van der Waals surface area contributed by atoms with Crippen LogP contribution in [0.2, 0.25) is 0 Å². The van der Waals surface area contributed by atoms with Gasteiger partial charge in [0.2, 0.25) is 5.91 Å². The number of nitrogens with zero attached hydrogens (tertiary/aromatic N) is 2. The number of carbonyl (C=O) groups is 2. The fourth-order valence-electron chi connectivity index (χ4n) is 2.99. The lowest BCUT2D eigenvalue weighted by Gasteiger charge is -2.33. The van der Waals surface area contributed by atoms with Crippen molar-refractivity contribution in [3.8, 4) is 5.75 Å². The van der Waals surface area contributed by atoms with Gasteiger partial charge in [0.1, 0.15) is 5.75 Å². The summed E-state index contributed by atoms with van der Waals surface area (Å²) in [7, 11) is 4.72. The number of hydrogen-bond donors (Lipinski definition) is 2. The SMILES string of the molecule is CN=C(NCC(=O)NCc1ccc(OC)cc1)N1CCC(C(=O)OC)CC1.I. The number of amides is 1. The van der Waals surface area contributed by atoms with Crippen molar-refractivity contribution in [2.45, 2.75) is 19.4 Å². The molecule has 0 aliphatic carbocycles. The number of nitrogens with one attached hydrogen (secondary N) is 2. The highest BCUT2D eigenvalue weighted by molar-refractivity contribution is 14.0.